The second-order valence-corrected chi connectivity index (χ2v) is 11.4. The van der Waals surface area contributed by atoms with Gasteiger partial charge in [0.1, 0.15) is 5.78 Å². The van der Waals surface area contributed by atoms with Crippen LogP contribution in [0, 0.1) is 15.7 Å². The van der Waals surface area contributed by atoms with Crippen molar-refractivity contribution in [2.75, 3.05) is 0 Å². The predicted molar refractivity (Wildman–Crippen MR) is 142 cm³/mol. The van der Waals surface area contributed by atoms with Gasteiger partial charge in [-0.3, -0.25) is 9.59 Å². The van der Waals surface area contributed by atoms with E-state index >= 15 is 0 Å². The Hall–Kier alpha value is -1.32. The van der Waals surface area contributed by atoms with Crippen LogP contribution < -0.4 is 0 Å². The minimum absolute atomic E-state index is 0.0302. The first-order chi connectivity index (χ1) is 16.5. The van der Waals surface area contributed by atoms with Crippen molar-refractivity contribution in [3.63, 3.8) is 0 Å². The molecule has 0 aromatic rings. The first-order valence-electron chi connectivity index (χ1n) is 14.6. The highest BCUT2D eigenvalue weighted by Crippen LogP contribution is 2.42. The maximum Gasteiger partial charge on any atom is 0.292 e. The van der Waals surface area contributed by atoms with E-state index in [9.17, 15) is 14.5 Å². The molecule has 0 aliphatic heterocycles. The van der Waals surface area contributed by atoms with Crippen LogP contribution in [0.5, 0.6) is 0 Å². The lowest BCUT2D eigenvalue weighted by molar-refractivity contribution is -0.130. The number of carbonyl (C=O) groups is 2. The molecule has 0 unspecified atom stereocenters. The number of Topliss-reactive ketones (excluding diaryl/α,β-unsaturated/α-hetero) is 1. The van der Waals surface area contributed by atoms with Crippen LogP contribution in [0.25, 0.3) is 0 Å². The summed E-state index contributed by atoms with van der Waals surface area (Å²) in [6.07, 6.45) is 31.0. The molecule has 0 spiro atoms. The number of nitrogens with zero attached hydrogens (tertiary/aromatic N) is 1. The van der Waals surface area contributed by atoms with E-state index in [1.807, 2.05) is 6.92 Å². The normalized spacial score (nSPS) is 19.8. The van der Waals surface area contributed by atoms with Gasteiger partial charge in [-0.1, -0.05) is 95.6 Å². The second-order valence-electron chi connectivity index (χ2n) is 11.4. The molecule has 194 valence electrons. The summed E-state index contributed by atoms with van der Waals surface area (Å²) in [6.45, 7) is 1.82. The highest BCUT2D eigenvalue weighted by atomic mass is 16.3. The third-order valence-electron chi connectivity index (χ3n) is 8.87. The molecule has 4 nitrogen and oxygen atoms in total. The largest absolute Gasteiger partial charge is 0.299 e. The van der Waals surface area contributed by atoms with Crippen LogP contribution in [-0.4, -0.2) is 11.7 Å². The fraction of sp³-hybridized carbons (Fsp3) is 0.867. The molecule has 0 bridgehead atoms. The number of nitroso groups, excluding NO2 is 1. The van der Waals surface area contributed by atoms with Crippen LogP contribution in [0.4, 0.5) is 0 Å². The van der Waals surface area contributed by atoms with Crippen molar-refractivity contribution in [2.24, 2.45) is 16.0 Å². The van der Waals surface area contributed by atoms with Gasteiger partial charge in [0.15, 0.2) is 0 Å². The number of allylic oxidation sites excluding steroid dienone is 2. The van der Waals surface area contributed by atoms with Crippen molar-refractivity contribution in [1.29, 1.82) is 0 Å². The van der Waals surface area contributed by atoms with Crippen molar-refractivity contribution >= 4 is 11.7 Å². The number of hydrogen-bond acceptors (Lipinski definition) is 3. The molecule has 1 amide bonds. The Morgan fingerprint density at radius 3 is 1.50 bits per heavy atom. The summed E-state index contributed by atoms with van der Waals surface area (Å²) in [5.74, 6) is 0.0510. The Labute approximate surface area is 209 Å². The quantitative estimate of drug-likeness (QED) is 0.120. The first-order valence-corrected chi connectivity index (χ1v) is 14.6. The van der Waals surface area contributed by atoms with Gasteiger partial charge in [0, 0.05) is 10.6 Å². The summed E-state index contributed by atoms with van der Waals surface area (Å²) in [4.78, 5) is 35.1. The van der Waals surface area contributed by atoms with Crippen molar-refractivity contribution in [1.82, 2.24) is 0 Å². The Morgan fingerprint density at radius 1 is 0.618 bits per heavy atom. The molecule has 2 saturated carbocycles. The van der Waals surface area contributed by atoms with Gasteiger partial charge in [-0.05, 0) is 71.1 Å². The minimum atomic E-state index is -0.426. The summed E-state index contributed by atoms with van der Waals surface area (Å²) in [5.41, 5.74) is -0.396. The molecule has 0 N–H and O–H groups in total. The van der Waals surface area contributed by atoms with Gasteiger partial charge >= 0.3 is 0 Å². The fourth-order valence-corrected chi connectivity index (χ4v) is 6.47. The van der Waals surface area contributed by atoms with Crippen molar-refractivity contribution in [2.45, 2.75) is 155 Å². The number of ketones is 1. The van der Waals surface area contributed by atoms with Gasteiger partial charge in [0.05, 0.1) is 5.41 Å². The molecular weight excluding hydrogens is 422 g/mol. The van der Waals surface area contributed by atoms with Crippen molar-refractivity contribution in [3.8, 4) is 0 Å². The van der Waals surface area contributed by atoms with Gasteiger partial charge in [-0.25, -0.2) is 0 Å². The van der Waals surface area contributed by atoms with E-state index in [1.54, 1.807) is 0 Å². The number of carbonyl (C=O) groups excluding carboxylic acids is 2. The van der Waals surface area contributed by atoms with Crippen molar-refractivity contribution < 1.29 is 9.59 Å². The van der Waals surface area contributed by atoms with E-state index in [4.69, 9.17) is 0 Å². The van der Waals surface area contributed by atoms with E-state index < -0.39 is 5.41 Å². The molecule has 0 atom stereocenters. The molecule has 0 aromatic heterocycles. The lowest BCUT2D eigenvalue weighted by atomic mass is 9.68. The molecular formula is C30H51NO3. The highest BCUT2D eigenvalue weighted by molar-refractivity contribution is 5.83. The van der Waals surface area contributed by atoms with Gasteiger partial charge in [-0.15, -0.1) is 4.91 Å². The van der Waals surface area contributed by atoms with E-state index in [0.29, 0.717) is 5.78 Å². The summed E-state index contributed by atoms with van der Waals surface area (Å²) < 4.78 is 0. The van der Waals surface area contributed by atoms with Gasteiger partial charge in [-0.2, -0.15) is 0 Å². The second kappa shape index (κ2) is 16.4. The van der Waals surface area contributed by atoms with Crippen LogP contribution in [0.3, 0.4) is 0 Å². The van der Waals surface area contributed by atoms with Crippen molar-refractivity contribution in [3.05, 3.63) is 17.1 Å². The molecule has 2 aliphatic carbocycles. The highest BCUT2D eigenvalue weighted by Gasteiger charge is 2.39. The Bertz CT molecular complexity index is 627. The smallest absolute Gasteiger partial charge is 0.292 e. The van der Waals surface area contributed by atoms with Crippen LogP contribution in [-0.2, 0) is 9.59 Å². The van der Waals surface area contributed by atoms with Gasteiger partial charge in [0.25, 0.3) is 5.91 Å². The predicted octanol–water partition coefficient (Wildman–Crippen LogP) is 9.40. The molecule has 2 fully saturated rings. The number of amides is 1. The Balaban J connectivity index is 1.42. The summed E-state index contributed by atoms with van der Waals surface area (Å²) in [6, 6.07) is 0. The zero-order chi connectivity index (χ0) is 24.5. The molecule has 34 heavy (non-hydrogen) atoms. The van der Waals surface area contributed by atoms with E-state index in [0.717, 1.165) is 70.6 Å². The standard InChI is InChI=1S/C30H51NO3/c1-27(32)29(22-17-13-18-23-29)21-15-11-9-7-5-3-2-4-6-8-10-12-16-24-30(28(33)31-34)25-19-14-20-26-30/h2,4H,3,5-26H2,1H3/b4-2-. The SMILES string of the molecule is CC(=O)C1(CCCCCCC/C=C\CCCCCCC2(C(=O)N=O)CCCCC2)CCCCC1. The van der Waals surface area contributed by atoms with Crippen LogP contribution in [0.1, 0.15) is 155 Å². The monoisotopic (exact) mass is 473 g/mol. The van der Waals surface area contributed by atoms with Crippen LogP contribution >= 0.6 is 0 Å². The topological polar surface area (TPSA) is 63.6 Å². The van der Waals surface area contributed by atoms with E-state index in [2.05, 4.69) is 17.3 Å². The number of unbranched alkanes of at least 4 members (excludes halogenated alkanes) is 9. The van der Waals surface area contributed by atoms with Gasteiger partial charge in [0.2, 0.25) is 0 Å². The molecule has 2 rings (SSSR count). The average Bonchev–Trinajstić information content (AvgIpc) is 2.86. The van der Waals surface area contributed by atoms with Crippen LogP contribution in [0.2, 0.25) is 0 Å². The number of rotatable bonds is 17. The lowest BCUT2D eigenvalue weighted by Gasteiger charge is -2.35. The summed E-state index contributed by atoms with van der Waals surface area (Å²) in [5, 5.41) is 2.79. The maximum atomic E-state index is 12.2. The van der Waals surface area contributed by atoms with Gasteiger partial charge < -0.3 is 0 Å². The van der Waals surface area contributed by atoms with Crippen LogP contribution in [0.15, 0.2) is 17.3 Å². The van der Waals surface area contributed by atoms with E-state index in [1.165, 1.54) is 77.0 Å². The number of hydrogen-bond donors (Lipinski definition) is 0. The zero-order valence-corrected chi connectivity index (χ0v) is 22.1. The average molecular weight is 474 g/mol. The third kappa shape index (κ3) is 9.74. The summed E-state index contributed by atoms with van der Waals surface area (Å²) in [7, 11) is 0. The molecule has 0 heterocycles. The summed E-state index contributed by atoms with van der Waals surface area (Å²) >= 11 is 0. The molecule has 0 aromatic carbocycles. The first kappa shape index (κ1) is 28.9. The minimum Gasteiger partial charge on any atom is -0.299 e. The zero-order valence-electron chi connectivity index (χ0n) is 22.1. The molecule has 4 heteroatoms. The Morgan fingerprint density at radius 2 is 1.03 bits per heavy atom. The lowest BCUT2D eigenvalue weighted by Crippen LogP contribution is -2.32. The molecule has 2 aliphatic rings. The molecule has 0 saturated heterocycles. The van der Waals surface area contributed by atoms with E-state index in [-0.39, 0.29) is 11.3 Å². The molecule has 0 radical (unpaired) electrons. The fourth-order valence-electron chi connectivity index (χ4n) is 6.47. The maximum absolute atomic E-state index is 12.2. The third-order valence-corrected chi connectivity index (χ3v) is 8.87. The Kier molecular flexibility index (Phi) is 13.9.